The summed E-state index contributed by atoms with van der Waals surface area (Å²) in [6.07, 6.45) is 3.87. The number of ether oxygens (including phenoxy) is 1. The number of sulfonamides is 1. The lowest BCUT2D eigenvalue weighted by Crippen LogP contribution is -2.41. The molecule has 3 aromatic heterocycles. The van der Waals surface area contributed by atoms with Crippen molar-refractivity contribution in [2.75, 3.05) is 25.0 Å². The Morgan fingerprint density at radius 3 is 2.71 bits per heavy atom. The summed E-state index contributed by atoms with van der Waals surface area (Å²) in [6, 6.07) is 5.88. The molecule has 0 unspecified atom stereocenters. The highest BCUT2D eigenvalue weighted by Gasteiger charge is 2.34. The van der Waals surface area contributed by atoms with E-state index in [1.54, 1.807) is 31.5 Å². The van der Waals surface area contributed by atoms with E-state index in [9.17, 15) is 18.0 Å². The maximum atomic E-state index is 12.8. The maximum absolute atomic E-state index is 12.8. The number of nitrogens with one attached hydrogen (secondary N) is 1. The Morgan fingerprint density at radius 1 is 1.19 bits per heavy atom. The van der Waals surface area contributed by atoms with Gasteiger partial charge < -0.3 is 14.5 Å². The molecule has 31 heavy (non-hydrogen) atoms. The number of rotatable bonds is 6. The van der Waals surface area contributed by atoms with Gasteiger partial charge in [0.2, 0.25) is 16.8 Å². The number of anilines is 1. The molecule has 1 N–H and O–H groups in total. The van der Waals surface area contributed by atoms with Gasteiger partial charge in [-0.15, -0.1) is 0 Å². The van der Waals surface area contributed by atoms with Crippen LogP contribution in [-0.2, 0) is 19.6 Å². The van der Waals surface area contributed by atoms with Crippen molar-refractivity contribution in [3.63, 3.8) is 0 Å². The Labute approximate surface area is 178 Å². The van der Waals surface area contributed by atoms with Gasteiger partial charge in [0, 0.05) is 31.3 Å². The molecular weight excluding hydrogens is 426 g/mol. The van der Waals surface area contributed by atoms with Gasteiger partial charge in [0.25, 0.3) is 10.0 Å². The van der Waals surface area contributed by atoms with Crippen LogP contribution in [0.15, 0.2) is 46.2 Å². The lowest BCUT2D eigenvalue weighted by molar-refractivity contribution is -0.120. The molecule has 0 aromatic carbocycles. The number of nitrogens with zero attached hydrogens (tertiary/aromatic N) is 4. The molecule has 1 aliphatic heterocycles. The zero-order chi connectivity index (χ0) is 22.0. The fourth-order valence-electron chi connectivity index (χ4n) is 3.41. The molecule has 0 bridgehead atoms. The molecule has 11 nitrogen and oxygen atoms in total. The second-order valence-corrected chi connectivity index (χ2v) is 8.81. The zero-order valence-corrected chi connectivity index (χ0v) is 17.5. The first-order valence-electron chi connectivity index (χ1n) is 9.77. The van der Waals surface area contributed by atoms with Crippen molar-refractivity contribution in [1.82, 2.24) is 18.9 Å². The van der Waals surface area contributed by atoms with E-state index in [1.807, 2.05) is 0 Å². The number of carbonyl (C=O) groups excluding carboxylic acids is 2. The average molecular weight is 447 g/mol. The van der Waals surface area contributed by atoms with Crippen LogP contribution >= 0.6 is 0 Å². The number of piperidine rings is 1. The van der Waals surface area contributed by atoms with Gasteiger partial charge in [-0.25, -0.2) is 18.2 Å². The van der Waals surface area contributed by atoms with E-state index in [-0.39, 0.29) is 42.4 Å². The van der Waals surface area contributed by atoms with Crippen molar-refractivity contribution in [3.05, 3.63) is 42.4 Å². The Kier molecular flexibility index (Phi) is 5.74. The van der Waals surface area contributed by atoms with Crippen LogP contribution in [0.2, 0.25) is 0 Å². The Balaban J connectivity index is 1.39. The number of hydrogen-bond acceptors (Lipinski definition) is 8. The summed E-state index contributed by atoms with van der Waals surface area (Å²) in [4.78, 5) is 28.6. The van der Waals surface area contributed by atoms with Crippen LogP contribution in [0, 0.1) is 5.92 Å². The van der Waals surface area contributed by atoms with Crippen LogP contribution in [-0.4, -0.2) is 58.9 Å². The van der Waals surface area contributed by atoms with Crippen molar-refractivity contribution < 1.29 is 27.2 Å². The van der Waals surface area contributed by atoms with E-state index in [0.29, 0.717) is 24.3 Å². The van der Waals surface area contributed by atoms with Gasteiger partial charge in [0.05, 0.1) is 12.8 Å². The molecule has 1 fully saturated rings. The number of amides is 1. The van der Waals surface area contributed by atoms with Crippen molar-refractivity contribution >= 4 is 33.4 Å². The van der Waals surface area contributed by atoms with E-state index in [4.69, 9.17) is 9.15 Å². The van der Waals surface area contributed by atoms with Crippen LogP contribution < -0.4 is 5.32 Å². The fraction of sp³-hybridized carbons (Fsp3) is 0.368. The molecule has 0 saturated carbocycles. The summed E-state index contributed by atoms with van der Waals surface area (Å²) in [5.41, 5.74) is 0.611. The first kappa shape index (κ1) is 21.0. The summed E-state index contributed by atoms with van der Waals surface area (Å²) >= 11 is 0. The van der Waals surface area contributed by atoms with Crippen LogP contribution in [0.4, 0.5) is 5.82 Å². The molecule has 0 spiro atoms. The minimum absolute atomic E-state index is 0.155. The normalized spacial score (nSPS) is 15.8. The van der Waals surface area contributed by atoms with Gasteiger partial charge in [-0.2, -0.15) is 13.9 Å². The summed E-state index contributed by atoms with van der Waals surface area (Å²) in [6.45, 7) is 2.11. The van der Waals surface area contributed by atoms with E-state index >= 15 is 0 Å². The highest BCUT2D eigenvalue weighted by molar-refractivity contribution is 7.89. The topological polar surface area (TPSA) is 136 Å². The van der Waals surface area contributed by atoms with Crippen molar-refractivity contribution in [1.29, 1.82) is 0 Å². The van der Waals surface area contributed by atoms with E-state index < -0.39 is 16.0 Å². The number of hydrogen-bond donors (Lipinski definition) is 1. The van der Waals surface area contributed by atoms with Crippen molar-refractivity contribution in [3.8, 4) is 0 Å². The summed E-state index contributed by atoms with van der Waals surface area (Å²) in [5, 5.41) is 6.64. The predicted octanol–water partition coefficient (Wildman–Crippen LogP) is 1.54. The molecule has 0 radical (unpaired) electrons. The standard InChI is InChI=1S/C19H21N5O6S/c1-2-29-19(26)14-3-4-17(30-14)31(27,28)23-11-7-13(8-12-23)18(25)22-16-5-9-20-15-6-10-21-24(15)16/h3-6,9-10,13H,2,7-8,11-12H2,1H3,(H,22,25). The molecule has 3 aromatic rings. The van der Waals surface area contributed by atoms with Crippen molar-refractivity contribution in [2.45, 2.75) is 24.9 Å². The summed E-state index contributed by atoms with van der Waals surface area (Å²) in [7, 11) is -3.91. The van der Waals surface area contributed by atoms with Gasteiger partial charge in [0.1, 0.15) is 5.82 Å². The molecule has 4 heterocycles. The van der Waals surface area contributed by atoms with Gasteiger partial charge in [-0.05, 0) is 38.0 Å². The monoisotopic (exact) mass is 447 g/mol. The highest BCUT2D eigenvalue weighted by atomic mass is 32.2. The Hall–Kier alpha value is -3.25. The number of esters is 1. The quantitative estimate of drug-likeness (QED) is 0.562. The Morgan fingerprint density at radius 2 is 1.97 bits per heavy atom. The molecule has 1 saturated heterocycles. The van der Waals surface area contributed by atoms with Gasteiger partial charge in [0.15, 0.2) is 5.65 Å². The molecule has 0 atom stereocenters. The minimum Gasteiger partial charge on any atom is -0.460 e. The smallest absolute Gasteiger partial charge is 0.374 e. The zero-order valence-electron chi connectivity index (χ0n) is 16.7. The largest absolute Gasteiger partial charge is 0.460 e. The molecule has 1 amide bonds. The van der Waals surface area contributed by atoms with Crippen LogP contribution in [0.25, 0.3) is 5.65 Å². The maximum Gasteiger partial charge on any atom is 0.374 e. The molecule has 4 rings (SSSR count). The van der Waals surface area contributed by atoms with E-state index in [0.717, 1.165) is 0 Å². The Bertz CT molecular complexity index is 1210. The van der Waals surface area contributed by atoms with E-state index in [1.165, 1.54) is 21.0 Å². The number of furan rings is 1. The average Bonchev–Trinajstić information content (AvgIpc) is 3.45. The second-order valence-electron chi connectivity index (χ2n) is 6.94. The fourth-order valence-corrected chi connectivity index (χ4v) is 4.79. The predicted molar refractivity (Wildman–Crippen MR) is 108 cm³/mol. The third-order valence-corrected chi connectivity index (χ3v) is 6.79. The minimum atomic E-state index is -3.91. The molecule has 1 aliphatic rings. The molecule has 12 heteroatoms. The van der Waals surface area contributed by atoms with Gasteiger partial charge in [-0.3, -0.25) is 4.79 Å². The first-order valence-corrected chi connectivity index (χ1v) is 11.2. The van der Waals surface area contributed by atoms with Crippen LogP contribution in [0.3, 0.4) is 0 Å². The first-order chi connectivity index (χ1) is 14.9. The van der Waals surface area contributed by atoms with Gasteiger partial charge >= 0.3 is 5.97 Å². The highest BCUT2D eigenvalue weighted by Crippen LogP contribution is 2.26. The van der Waals surface area contributed by atoms with Gasteiger partial charge in [-0.1, -0.05) is 0 Å². The lowest BCUT2D eigenvalue weighted by atomic mass is 9.97. The number of aromatic nitrogens is 3. The summed E-state index contributed by atoms with van der Waals surface area (Å²) in [5.74, 6) is -0.949. The third kappa shape index (κ3) is 4.16. The molecule has 164 valence electrons. The van der Waals surface area contributed by atoms with Crippen LogP contribution in [0.1, 0.15) is 30.3 Å². The lowest BCUT2D eigenvalue weighted by Gasteiger charge is -2.29. The third-order valence-electron chi connectivity index (χ3n) is 5.02. The SMILES string of the molecule is CCOC(=O)c1ccc(S(=O)(=O)N2CCC(C(=O)Nc3ccnc4ccnn34)CC2)o1. The number of carbonyl (C=O) groups is 2. The van der Waals surface area contributed by atoms with Crippen LogP contribution in [0.5, 0.6) is 0 Å². The number of fused-ring (bicyclic) bond motifs is 1. The molecule has 0 aliphatic carbocycles. The second kappa shape index (κ2) is 8.47. The van der Waals surface area contributed by atoms with Crippen molar-refractivity contribution in [2.24, 2.45) is 5.92 Å². The summed E-state index contributed by atoms with van der Waals surface area (Å²) < 4.78 is 38.4. The van der Waals surface area contributed by atoms with E-state index in [2.05, 4.69) is 15.4 Å². The molecular formula is C19H21N5O6S.